The summed E-state index contributed by atoms with van der Waals surface area (Å²) < 4.78 is 12.6. The van der Waals surface area contributed by atoms with Crippen LogP contribution in [0.25, 0.3) is 22.2 Å². The van der Waals surface area contributed by atoms with Gasteiger partial charge in [0.05, 0.1) is 25.3 Å². The van der Waals surface area contributed by atoms with E-state index in [1.807, 2.05) is 56.3 Å². The van der Waals surface area contributed by atoms with Crippen LogP contribution in [0.5, 0.6) is 11.5 Å². The van der Waals surface area contributed by atoms with Crippen molar-refractivity contribution < 1.29 is 14.3 Å². The number of carbonyl (C=O) groups excluding carboxylic acids is 1. The molecule has 3 aromatic heterocycles. The molecule has 12 heteroatoms. The minimum Gasteiger partial charge on any atom is -0.497 e. The van der Waals surface area contributed by atoms with E-state index in [2.05, 4.69) is 20.3 Å². The molecule has 236 valence electrons. The van der Waals surface area contributed by atoms with Crippen molar-refractivity contribution in [1.82, 2.24) is 29.4 Å². The van der Waals surface area contributed by atoms with Crippen molar-refractivity contribution in [3.63, 3.8) is 0 Å². The first-order valence-corrected chi connectivity index (χ1v) is 14.9. The number of hydrogen-bond acceptors (Lipinski definition) is 10. The Morgan fingerprint density at radius 3 is 2.63 bits per heavy atom. The quantitative estimate of drug-likeness (QED) is 0.175. The summed E-state index contributed by atoms with van der Waals surface area (Å²) in [5, 5.41) is 3.94. The minimum absolute atomic E-state index is 0.00828. The van der Waals surface area contributed by atoms with Gasteiger partial charge in [-0.05, 0) is 56.4 Å². The third-order valence-corrected chi connectivity index (χ3v) is 7.72. The number of benzene rings is 2. The first kappa shape index (κ1) is 32.3. The summed E-state index contributed by atoms with van der Waals surface area (Å²) in [6, 6.07) is 13.9. The molecule has 5 rings (SSSR count). The molecule has 46 heavy (non-hydrogen) atoms. The van der Waals surface area contributed by atoms with Crippen LogP contribution in [0, 0.1) is 0 Å². The van der Waals surface area contributed by atoms with Gasteiger partial charge in [-0.15, -0.1) is 0 Å². The lowest BCUT2D eigenvalue weighted by Gasteiger charge is -2.21. The maximum atomic E-state index is 14.5. The number of ketones is 1. The molecule has 11 nitrogen and oxygen atoms in total. The summed E-state index contributed by atoms with van der Waals surface area (Å²) >= 11 is 6.76. The van der Waals surface area contributed by atoms with Gasteiger partial charge in [-0.3, -0.25) is 14.2 Å². The number of anilines is 2. The Morgan fingerprint density at radius 2 is 1.91 bits per heavy atom. The summed E-state index contributed by atoms with van der Waals surface area (Å²) in [4.78, 5) is 46.5. The van der Waals surface area contributed by atoms with Crippen LogP contribution in [0.2, 0.25) is 5.02 Å². The molecule has 0 radical (unpaired) electrons. The Morgan fingerprint density at radius 1 is 1.09 bits per heavy atom. The van der Waals surface area contributed by atoms with Crippen LogP contribution < -0.4 is 20.3 Å². The molecule has 0 fully saturated rings. The van der Waals surface area contributed by atoms with E-state index in [1.165, 1.54) is 20.5 Å². The summed E-state index contributed by atoms with van der Waals surface area (Å²) in [5.41, 5.74) is 2.47. The molecule has 1 N–H and O–H groups in total. The molecule has 3 heterocycles. The van der Waals surface area contributed by atoms with Gasteiger partial charge in [-0.1, -0.05) is 41.9 Å². The van der Waals surface area contributed by atoms with Crippen molar-refractivity contribution in [1.29, 1.82) is 0 Å². The Balaban J connectivity index is 1.65. The number of carbonyl (C=O) groups is 1. The lowest BCUT2D eigenvalue weighted by molar-refractivity contribution is -0.114. The molecule has 2 aromatic carbocycles. The molecule has 0 amide bonds. The number of likely N-dealkylation sites (N-methyl/N-ethyl adjacent to an activating group) is 1. The van der Waals surface area contributed by atoms with Crippen molar-refractivity contribution in [2.24, 2.45) is 0 Å². The van der Waals surface area contributed by atoms with Crippen LogP contribution in [0.4, 0.5) is 11.8 Å². The molecule has 0 aliphatic rings. The molecule has 0 aliphatic carbocycles. The van der Waals surface area contributed by atoms with Gasteiger partial charge in [0.2, 0.25) is 5.95 Å². The molecule has 5 aromatic rings. The van der Waals surface area contributed by atoms with Crippen molar-refractivity contribution in [2.75, 3.05) is 40.2 Å². The van der Waals surface area contributed by atoms with E-state index in [0.717, 1.165) is 11.1 Å². The number of allylic oxidation sites excluding steroid dienone is 1. The van der Waals surface area contributed by atoms with E-state index >= 15 is 0 Å². The number of pyridine rings is 1. The first-order valence-electron chi connectivity index (χ1n) is 14.5. The number of nitrogens with one attached hydrogen (secondary N) is 1. The van der Waals surface area contributed by atoms with Gasteiger partial charge in [0.25, 0.3) is 5.56 Å². The second kappa shape index (κ2) is 14.3. The predicted molar refractivity (Wildman–Crippen MR) is 179 cm³/mol. The van der Waals surface area contributed by atoms with Gasteiger partial charge in [-0.25, -0.2) is 15.0 Å². The Labute approximate surface area is 271 Å². The van der Waals surface area contributed by atoms with Gasteiger partial charge in [0, 0.05) is 47.9 Å². The molecule has 1 atom stereocenters. The summed E-state index contributed by atoms with van der Waals surface area (Å²) in [6.45, 7) is 2.59. The molecule has 1 unspecified atom stereocenters. The normalized spacial score (nSPS) is 12.1. The number of ether oxygens (including phenoxy) is 2. The fourth-order valence-corrected chi connectivity index (χ4v) is 5.30. The molecular weight excluding hydrogens is 606 g/mol. The van der Waals surface area contributed by atoms with Crippen LogP contribution >= 0.6 is 11.6 Å². The Hall–Kier alpha value is -5.13. The van der Waals surface area contributed by atoms with Gasteiger partial charge in [0.1, 0.15) is 29.3 Å². The molecule has 0 saturated heterocycles. The highest BCUT2D eigenvalue weighted by Crippen LogP contribution is 2.39. The zero-order valence-corrected chi connectivity index (χ0v) is 26.9. The van der Waals surface area contributed by atoms with Crippen LogP contribution in [-0.4, -0.2) is 70.0 Å². The standard InChI is InChI=1S/C34H34ClN7O4/c1-21(23-9-6-8-22(14-23)15-25(43)10-7-13-41(2)3)42-32-24(19-37-34(40-32)39-30-11-12-36-20-38-30)16-28(33(42)44)27-17-26(45-4)18-29(46-5)31(27)35/h6-12,14,16-21H,13,15H2,1-5H3,(H,36,37,38,39,40)/b10-7+. The second-order valence-electron chi connectivity index (χ2n) is 10.8. The highest BCUT2D eigenvalue weighted by atomic mass is 35.5. The van der Waals surface area contributed by atoms with Crippen LogP contribution in [0.1, 0.15) is 24.1 Å². The third-order valence-electron chi connectivity index (χ3n) is 7.33. The maximum Gasteiger partial charge on any atom is 0.260 e. The minimum atomic E-state index is -0.498. The van der Waals surface area contributed by atoms with Gasteiger partial charge in [-0.2, -0.15) is 4.98 Å². The van der Waals surface area contributed by atoms with Gasteiger partial charge >= 0.3 is 0 Å². The van der Waals surface area contributed by atoms with Gasteiger partial charge in [0.15, 0.2) is 5.78 Å². The Kier molecular flexibility index (Phi) is 10.0. The smallest absolute Gasteiger partial charge is 0.260 e. The molecule has 0 aliphatic heterocycles. The van der Waals surface area contributed by atoms with Crippen molar-refractivity contribution >= 4 is 40.2 Å². The topological polar surface area (TPSA) is 124 Å². The fourth-order valence-electron chi connectivity index (χ4n) is 5.01. The zero-order chi connectivity index (χ0) is 32.8. The molecule has 0 saturated carbocycles. The van der Waals surface area contributed by atoms with Crippen molar-refractivity contribution in [3.05, 3.63) is 106 Å². The number of methoxy groups -OCH3 is 2. The average molecular weight is 640 g/mol. The summed E-state index contributed by atoms with van der Waals surface area (Å²) in [7, 11) is 6.92. The van der Waals surface area contributed by atoms with E-state index in [1.54, 1.807) is 47.3 Å². The van der Waals surface area contributed by atoms with Crippen molar-refractivity contribution in [3.8, 4) is 22.6 Å². The van der Waals surface area contributed by atoms with E-state index in [4.69, 9.17) is 26.1 Å². The summed E-state index contributed by atoms with van der Waals surface area (Å²) in [6.07, 6.45) is 8.33. The number of fused-ring (bicyclic) bond motifs is 1. The number of nitrogens with zero attached hydrogens (tertiary/aromatic N) is 6. The lowest BCUT2D eigenvalue weighted by atomic mass is 10.00. The predicted octanol–water partition coefficient (Wildman–Crippen LogP) is 5.50. The number of aromatic nitrogens is 5. The highest BCUT2D eigenvalue weighted by Gasteiger charge is 2.22. The lowest BCUT2D eigenvalue weighted by Crippen LogP contribution is -2.27. The molecule has 0 bridgehead atoms. The average Bonchev–Trinajstić information content (AvgIpc) is 3.05. The zero-order valence-electron chi connectivity index (χ0n) is 26.2. The number of hydrogen-bond donors (Lipinski definition) is 1. The van der Waals surface area contributed by atoms with E-state index < -0.39 is 6.04 Å². The monoisotopic (exact) mass is 639 g/mol. The number of halogens is 1. The second-order valence-corrected chi connectivity index (χ2v) is 11.2. The van der Waals surface area contributed by atoms with Crippen LogP contribution in [0.15, 0.2) is 84.2 Å². The van der Waals surface area contributed by atoms with Gasteiger partial charge < -0.3 is 19.7 Å². The molecule has 0 spiro atoms. The number of rotatable bonds is 12. The van der Waals surface area contributed by atoms with E-state index in [9.17, 15) is 9.59 Å². The molecular formula is C34H34ClN7O4. The fraction of sp³-hybridized carbons (Fsp3) is 0.235. The van der Waals surface area contributed by atoms with E-state index in [0.29, 0.717) is 46.0 Å². The summed E-state index contributed by atoms with van der Waals surface area (Å²) in [5.74, 6) is 1.59. The highest BCUT2D eigenvalue weighted by molar-refractivity contribution is 6.35. The van der Waals surface area contributed by atoms with Crippen LogP contribution in [0.3, 0.4) is 0 Å². The Bertz CT molecular complexity index is 1960. The van der Waals surface area contributed by atoms with E-state index in [-0.39, 0.29) is 28.7 Å². The largest absolute Gasteiger partial charge is 0.497 e. The van der Waals surface area contributed by atoms with Crippen LogP contribution in [-0.2, 0) is 11.2 Å². The first-order chi connectivity index (χ1) is 22.2. The maximum absolute atomic E-state index is 14.5. The van der Waals surface area contributed by atoms with Crippen molar-refractivity contribution in [2.45, 2.75) is 19.4 Å². The SMILES string of the molecule is COc1cc(OC)c(Cl)c(-c2cc3cnc(Nc4ccncn4)nc3n(C(C)c3cccc(CC(=O)/C=C/CN(C)C)c3)c2=O)c1. The third kappa shape index (κ3) is 7.22.